The third-order valence-electron chi connectivity index (χ3n) is 4.21. The summed E-state index contributed by atoms with van der Waals surface area (Å²) in [5.41, 5.74) is 0. The molecule has 150 valence electrons. The summed E-state index contributed by atoms with van der Waals surface area (Å²) in [6, 6.07) is 0. The Labute approximate surface area is 158 Å². The number of rotatable bonds is 16. The van der Waals surface area contributed by atoms with Crippen LogP contribution in [-0.4, -0.2) is 53.3 Å². The molecule has 0 aliphatic rings. The Morgan fingerprint density at radius 2 is 1.08 bits per heavy atom. The first-order valence-electron chi connectivity index (χ1n) is 10.6. The summed E-state index contributed by atoms with van der Waals surface area (Å²) in [5.74, 6) is 0. The molecular formula is C20H45N4P. The summed E-state index contributed by atoms with van der Waals surface area (Å²) in [5, 5.41) is 0. The molecule has 0 aliphatic heterocycles. The van der Waals surface area contributed by atoms with Crippen LogP contribution in [0.25, 0.3) is 0 Å². The molecule has 0 spiro atoms. The van der Waals surface area contributed by atoms with E-state index < -0.39 is 7.51 Å². The van der Waals surface area contributed by atoms with Gasteiger partial charge in [0.25, 0.3) is 0 Å². The molecule has 0 saturated heterocycles. The zero-order chi connectivity index (χ0) is 19.1. The van der Waals surface area contributed by atoms with Gasteiger partial charge in [0.1, 0.15) is 0 Å². The Hall–Kier alpha value is -0.310. The van der Waals surface area contributed by atoms with Gasteiger partial charge in [-0.3, -0.25) is 4.74 Å². The standard InChI is InChI=1S/C20H45N4P/c1-8-15-21-25(22(14-7)16-9-2,23(17-10-3)18-11-4)24(19-12-5)20-13-6/h14H,7-13,15-20H2,1-6H3. The average Bonchev–Trinajstić information content (AvgIpc) is 2.61. The molecule has 0 atom stereocenters. The fourth-order valence-corrected chi connectivity index (χ4v) is 7.91. The molecule has 0 heterocycles. The molecular weight excluding hydrogens is 327 g/mol. The molecule has 0 amide bonds. The summed E-state index contributed by atoms with van der Waals surface area (Å²) in [7, 11) is -1.92. The van der Waals surface area contributed by atoms with Crippen molar-refractivity contribution < 1.29 is 0 Å². The van der Waals surface area contributed by atoms with Crippen LogP contribution >= 0.6 is 7.51 Å². The van der Waals surface area contributed by atoms with Crippen LogP contribution in [0.15, 0.2) is 17.5 Å². The van der Waals surface area contributed by atoms with E-state index in [1.54, 1.807) is 0 Å². The van der Waals surface area contributed by atoms with Crippen molar-refractivity contribution in [2.24, 2.45) is 4.74 Å². The van der Waals surface area contributed by atoms with Crippen molar-refractivity contribution in [2.75, 3.05) is 39.3 Å². The van der Waals surface area contributed by atoms with Crippen molar-refractivity contribution in [3.05, 3.63) is 12.8 Å². The summed E-state index contributed by atoms with van der Waals surface area (Å²) >= 11 is 0. The molecule has 0 fully saturated rings. The molecule has 0 radical (unpaired) electrons. The fourth-order valence-electron chi connectivity index (χ4n) is 3.35. The largest absolute Gasteiger partial charge is 0.322 e. The molecule has 0 aromatic heterocycles. The highest BCUT2D eigenvalue weighted by atomic mass is 31.2. The van der Waals surface area contributed by atoms with E-state index in [9.17, 15) is 0 Å². The highest BCUT2D eigenvalue weighted by Crippen LogP contribution is 2.60. The van der Waals surface area contributed by atoms with Gasteiger partial charge < -0.3 is 4.67 Å². The molecule has 4 nitrogen and oxygen atoms in total. The van der Waals surface area contributed by atoms with Gasteiger partial charge in [0, 0.05) is 39.3 Å². The zero-order valence-corrected chi connectivity index (χ0v) is 18.9. The fraction of sp³-hybridized carbons (Fsp3) is 0.900. The zero-order valence-electron chi connectivity index (χ0n) is 18.0. The minimum atomic E-state index is -1.92. The Morgan fingerprint density at radius 1 is 0.680 bits per heavy atom. The smallest absolute Gasteiger partial charge is 0.192 e. The van der Waals surface area contributed by atoms with E-state index in [1.165, 1.54) is 25.7 Å². The van der Waals surface area contributed by atoms with E-state index in [2.05, 4.69) is 68.3 Å². The maximum absolute atomic E-state index is 5.46. The van der Waals surface area contributed by atoms with Crippen molar-refractivity contribution in [2.45, 2.75) is 80.1 Å². The van der Waals surface area contributed by atoms with E-state index in [-0.39, 0.29) is 0 Å². The summed E-state index contributed by atoms with van der Waals surface area (Å²) < 4.78 is 13.4. The lowest BCUT2D eigenvalue weighted by molar-refractivity contribution is 0.329. The van der Waals surface area contributed by atoms with Gasteiger partial charge in [-0.05, 0) is 44.7 Å². The van der Waals surface area contributed by atoms with Crippen LogP contribution in [0, 0.1) is 0 Å². The van der Waals surface area contributed by atoms with Gasteiger partial charge in [-0.15, -0.1) is 0 Å². The van der Waals surface area contributed by atoms with Crippen molar-refractivity contribution in [3.8, 4) is 0 Å². The summed E-state index contributed by atoms with van der Waals surface area (Å²) in [4.78, 5) is 0. The Balaban J connectivity index is 6.39. The molecule has 0 saturated carbocycles. The van der Waals surface area contributed by atoms with Crippen molar-refractivity contribution in [1.82, 2.24) is 14.0 Å². The molecule has 0 bridgehead atoms. The van der Waals surface area contributed by atoms with E-state index in [0.29, 0.717) is 0 Å². The molecule has 0 aromatic rings. The topological polar surface area (TPSA) is 22.1 Å². The van der Waals surface area contributed by atoms with Crippen LogP contribution in [0.2, 0.25) is 0 Å². The van der Waals surface area contributed by atoms with E-state index in [1.807, 2.05) is 0 Å². The predicted molar refractivity (Wildman–Crippen MR) is 116 cm³/mol. The van der Waals surface area contributed by atoms with Crippen LogP contribution in [0.1, 0.15) is 80.1 Å². The quantitative estimate of drug-likeness (QED) is 0.291. The lowest BCUT2D eigenvalue weighted by Crippen LogP contribution is -2.41. The number of hydrogen-bond donors (Lipinski definition) is 0. The SMILES string of the molecule is C=CN(CCC)P(=NCCC)(N(CCC)CCC)N(CCC)CCC. The molecule has 25 heavy (non-hydrogen) atoms. The van der Waals surface area contributed by atoms with Crippen molar-refractivity contribution >= 4 is 7.51 Å². The molecule has 5 heteroatoms. The first kappa shape index (κ1) is 24.7. The molecule has 0 N–H and O–H groups in total. The monoisotopic (exact) mass is 372 g/mol. The van der Waals surface area contributed by atoms with Gasteiger partial charge in [0.15, 0.2) is 7.51 Å². The number of nitrogens with zero attached hydrogens (tertiary/aromatic N) is 4. The molecule has 0 rings (SSSR count). The van der Waals surface area contributed by atoms with Gasteiger partial charge in [0.2, 0.25) is 0 Å². The maximum Gasteiger partial charge on any atom is 0.192 e. The molecule has 0 aromatic carbocycles. The predicted octanol–water partition coefficient (Wildman–Crippen LogP) is 6.44. The van der Waals surface area contributed by atoms with Gasteiger partial charge in [-0.2, -0.15) is 0 Å². The Kier molecular flexibility index (Phi) is 14.6. The van der Waals surface area contributed by atoms with Crippen LogP contribution in [0.3, 0.4) is 0 Å². The first-order valence-corrected chi connectivity index (χ1v) is 12.2. The van der Waals surface area contributed by atoms with Crippen LogP contribution in [-0.2, 0) is 0 Å². The highest BCUT2D eigenvalue weighted by molar-refractivity contribution is 7.59. The average molecular weight is 373 g/mol. The molecule has 0 unspecified atom stereocenters. The van der Waals surface area contributed by atoms with Crippen LogP contribution in [0.5, 0.6) is 0 Å². The van der Waals surface area contributed by atoms with Crippen molar-refractivity contribution in [1.29, 1.82) is 0 Å². The minimum absolute atomic E-state index is 0.940. The van der Waals surface area contributed by atoms with E-state index >= 15 is 0 Å². The first-order chi connectivity index (χ1) is 12.1. The van der Waals surface area contributed by atoms with Crippen molar-refractivity contribution in [3.63, 3.8) is 0 Å². The summed E-state index contributed by atoms with van der Waals surface area (Å²) in [6.45, 7) is 24.3. The van der Waals surface area contributed by atoms with E-state index in [4.69, 9.17) is 4.74 Å². The third kappa shape index (κ3) is 7.07. The van der Waals surface area contributed by atoms with Gasteiger partial charge >= 0.3 is 0 Å². The lowest BCUT2D eigenvalue weighted by Gasteiger charge is -2.49. The molecule has 0 aliphatic carbocycles. The highest BCUT2D eigenvalue weighted by Gasteiger charge is 2.37. The second kappa shape index (κ2) is 14.8. The van der Waals surface area contributed by atoms with Crippen LogP contribution < -0.4 is 0 Å². The lowest BCUT2D eigenvalue weighted by atomic mass is 10.4. The Morgan fingerprint density at radius 3 is 1.36 bits per heavy atom. The maximum atomic E-state index is 5.46. The second-order valence-corrected chi connectivity index (χ2v) is 9.66. The van der Waals surface area contributed by atoms with Gasteiger partial charge in [0.05, 0.1) is 0 Å². The van der Waals surface area contributed by atoms with E-state index in [0.717, 1.165) is 52.1 Å². The van der Waals surface area contributed by atoms with Gasteiger partial charge in [-0.25, -0.2) is 9.34 Å². The van der Waals surface area contributed by atoms with Gasteiger partial charge in [-0.1, -0.05) is 48.1 Å². The normalized spacial score (nSPS) is 12.0. The minimum Gasteiger partial charge on any atom is -0.322 e. The third-order valence-corrected chi connectivity index (χ3v) is 8.16. The van der Waals surface area contributed by atoms with Crippen LogP contribution in [0.4, 0.5) is 0 Å². The summed E-state index contributed by atoms with van der Waals surface area (Å²) in [6.07, 6.45) is 9.01. The number of hydrogen-bond acceptors (Lipinski definition) is 1. The Bertz CT molecular complexity index is 352. The second-order valence-electron chi connectivity index (χ2n) is 6.65.